The number of amides is 1. The fourth-order valence-electron chi connectivity index (χ4n) is 2.81. The number of aromatic nitrogens is 2. The first kappa shape index (κ1) is 22.7. The van der Waals surface area contributed by atoms with Crippen LogP contribution in [0.15, 0.2) is 52.4 Å². The molecular weight excluding hydrogens is 494 g/mol. The lowest BCUT2D eigenvalue weighted by molar-refractivity contribution is -0.145. The van der Waals surface area contributed by atoms with Crippen molar-refractivity contribution in [3.05, 3.63) is 52.8 Å². The van der Waals surface area contributed by atoms with Crippen LogP contribution < -0.4 is 5.32 Å². The number of hydrogen-bond donors (Lipinski definition) is 1. The molecule has 0 saturated carbocycles. The molecule has 0 aliphatic heterocycles. The minimum Gasteiger partial charge on any atom is -0.465 e. The van der Waals surface area contributed by atoms with Crippen molar-refractivity contribution < 1.29 is 23.1 Å². The topological polar surface area (TPSA) is 97.0 Å². The van der Waals surface area contributed by atoms with Crippen LogP contribution in [0, 0.1) is 11.3 Å². The van der Waals surface area contributed by atoms with Crippen molar-refractivity contribution in [1.29, 1.82) is 5.26 Å². The van der Waals surface area contributed by atoms with E-state index in [4.69, 9.17) is 0 Å². The van der Waals surface area contributed by atoms with E-state index < -0.39 is 23.7 Å². The molecule has 0 atom stereocenters. The second kappa shape index (κ2) is 9.45. The van der Waals surface area contributed by atoms with Gasteiger partial charge in [0, 0.05) is 10.8 Å². The van der Waals surface area contributed by atoms with Gasteiger partial charge in [-0.3, -0.25) is 14.2 Å². The Hall–Kier alpha value is -2.97. The Kier molecular flexibility index (Phi) is 6.92. The number of imidazole rings is 1. The van der Waals surface area contributed by atoms with Crippen molar-refractivity contribution in [2.75, 3.05) is 13.2 Å². The zero-order valence-corrected chi connectivity index (χ0v) is 18.5. The lowest BCUT2D eigenvalue weighted by Gasteiger charge is -2.17. The molecule has 1 amide bonds. The van der Waals surface area contributed by atoms with E-state index in [1.807, 2.05) is 5.32 Å². The molecule has 31 heavy (non-hydrogen) atoms. The highest BCUT2D eigenvalue weighted by Gasteiger charge is 2.42. The van der Waals surface area contributed by atoms with Crippen molar-refractivity contribution in [3.63, 3.8) is 0 Å². The Bertz CT molecular complexity index is 1190. The van der Waals surface area contributed by atoms with Gasteiger partial charge in [0.2, 0.25) is 0 Å². The molecule has 3 aromatic rings. The molecule has 0 unspecified atom stereocenters. The summed E-state index contributed by atoms with van der Waals surface area (Å²) in [5, 5.41) is 8.45. The minimum absolute atomic E-state index is 0.0608. The first-order chi connectivity index (χ1) is 14.8. The van der Waals surface area contributed by atoms with Crippen LogP contribution in [-0.2, 0) is 14.3 Å². The number of nitrogens with zero attached hydrogens (tertiary/aromatic N) is 3. The van der Waals surface area contributed by atoms with Crippen LogP contribution in [0.2, 0.25) is 0 Å². The molecule has 0 bridgehead atoms. The molecule has 0 spiro atoms. The molecule has 160 valence electrons. The lowest BCUT2D eigenvalue weighted by Crippen LogP contribution is -2.40. The predicted octanol–water partition coefficient (Wildman–Crippen LogP) is 4.02. The number of ether oxygens (including phenoxy) is 1. The summed E-state index contributed by atoms with van der Waals surface area (Å²) < 4.78 is 35.5. The number of alkyl halides is 2. The highest BCUT2D eigenvalue weighted by molar-refractivity contribution is 9.10. The molecule has 0 aliphatic rings. The molecule has 0 aliphatic carbocycles. The molecular formula is C20H15BrF2N4O3S. The van der Waals surface area contributed by atoms with Crippen LogP contribution in [0.25, 0.3) is 16.5 Å². The zero-order valence-electron chi connectivity index (χ0n) is 16.1. The molecule has 11 heteroatoms. The van der Waals surface area contributed by atoms with Gasteiger partial charge in [-0.25, -0.2) is 4.98 Å². The van der Waals surface area contributed by atoms with Crippen LogP contribution in [0.3, 0.4) is 0 Å². The number of nitriles is 1. The van der Waals surface area contributed by atoms with E-state index in [1.165, 1.54) is 10.8 Å². The first-order valence-corrected chi connectivity index (χ1v) is 10.6. The van der Waals surface area contributed by atoms with Crippen LogP contribution in [-0.4, -0.2) is 39.8 Å². The molecule has 1 N–H and O–H groups in total. The molecule has 7 nitrogen and oxygen atoms in total. The van der Waals surface area contributed by atoms with Crippen molar-refractivity contribution in [1.82, 2.24) is 14.9 Å². The van der Waals surface area contributed by atoms with Gasteiger partial charge < -0.3 is 10.1 Å². The third-order valence-corrected chi connectivity index (χ3v) is 5.60. The Morgan fingerprint density at radius 1 is 1.29 bits per heavy atom. The third kappa shape index (κ3) is 4.86. The SMILES string of the molecule is CCOC(=O)CNC(=O)C(F)(F)Sc1ncc(Br)n1-c1ccc(C#N)c2ccccc12. The number of halogens is 3. The Morgan fingerprint density at radius 3 is 2.68 bits per heavy atom. The molecule has 1 aromatic heterocycles. The number of benzene rings is 2. The quantitative estimate of drug-likeness (QED) is 0.382. The Balaban J connectivity index is 1.94. The third-order valence-electron chi connectivity index (χ3n) is 4.13. The van der Waals surface area contributed by atoms with Gasteiger partial charge in [0.15, 0.2) is 5.16 Å². The summed E-state index contributed by atoms with van der Waals surface area (Å²) in [6, 6.07) is 12.4. The second-order valence-electron chi connectivity index (χ2n) is 6.10. The molecule has 0 saturated heterocycles. The molecule has 1 heterocycles. The number of thioether (sulfide) groups is 1. The summed E-state index contributed by atoms with van der Waals surface area (Å²) in [4.78, 5) is 27.3. The number of rotatable bonds is 7. The molecule has 2 aromatic carbocycles. The average Bonchev–Trinajstić information content (AvgIpc) is 3.10. The van der Waals surface area contributed by atoms with Gasteiger partial charge in [0.25, 0.3) is 0 Å². The molecule has 0 radical (unpaired) electrons. The summed E-state index contributed by atoms with van der Waals surface area (Å²) in [6.45, 7) is 0.972. The number of fused-ring (bicyclic) bond motifs is 1. The summed E-state index contributed by atoms with van der Waals surface area (Å²) in [7, 11) is 0. The van der Waals surface area contributed by atoms with E-state index in [2.05, 4.69) is 31.7 Å². The van der Waals surface area contributed by atoms with Crippen LogP contribution in [0.5, 0.6) is 0 Å². The number of carbonyl (C=O) groups is 2. The largest absolute Gasteiger partial charge is 0.465 e. The summed E-state index contributed by atoms with van der Waals surface area (Å²) in [6.07, 6.45) is 1.34. The van der Waals surface area contributed by atoms with E-state index in [-0.39, 0.29) is 23.5 Å². The number of esters is 1. The molecule has 3 rings (SSSR count). The van der Waals surface area contributed by atoms with Crippen LogP contribution in [0.4, 0.5) is 8.78 Å². The summed E-state index contributed by atoms with van der Waals surface area (Å²) >= 11 is 3.24. The van der Waals surface area contributed by atoms with Gasteiger partial charge in [-0.1, -0.05) is 24.3 Å². The minimum atomic E-state index is -3.91. The Labute approximate surface area is 188 Å². The first-order valence-electron chi connectivity index (χ1n) is 8.94. The highest BCUT2D eigenvalue weighted by atomic mass is 79.9. The second-order valence-corrected chi connectivity index (χ2v) is 7.99. The maximum atomic E-state index is 14.6. The standard InChI is InChI=1S/C20H15BrF2N4O3S/c1-2-30-17(28)11-25-18(29)20(22,23)31-19-26-10-16(21)27(19)15-8-7-12(9-24)13-5-3-4-6-14(13)15/h3-8,10H,2,11H2,1H3,(H,25,29). The van der Waals surface area contributed by atoms with E-state index in [0.29, 0.717) is 26.6 Å². The number of carbonyl (C=O) groups excluding carboxylic acids is 2. The summed E-state index contributed by atoms with van der Waals surface area (Å²) in [5.74, 6) is -2.45. The zero-order chi connectivity index (χ0) is 22.6. The van der Waals surface area contributed by atoms with Crippen molar-refractivity contribution >= 4 is 50.3 Å². The van der Waals surface area contributed by atoms with Gasteiger partial charge in [-0.15, -0.1) is 0 Å². The van der Waals surface area contributed by atoms with Gasteiger partial charge in [0.1, 0.15) is 11.1 Å². The normalized spacial score (nSPS) is 11.2. The maximum absolute atomic E-state index is 14.6. The van der Waals surface area contributed by atoms with Gasteiger partial charge in [0.05, 0.1) is 30.1 Å². The predicted molar refractivity (Wildman–Crippen MR) is 114 cm³/mol. The Morgan fingerprint density at radius 2 is 2.00 bits per heavy atom. The van der Waals surface area contributed by atoms with E-state index in [0.717, 1.165) is 0 Å². The molecule has 0 fully saturated rings. The van der Waals surface area contributed by atoms with E-state index >= 15 is 0 Å². The van der Waals surface area contributed by atoms with Gasteiger partial charge >= 0.3 is 17.1 Å². The van der Waals surface area contributed by atoms with E-state index in [9.17, 15) is 23.6 Å². The van der Waals surface area contributed by atoms with Gasteiger partial charge in [-0.2, -0.15) is 14.0 Å². The number of hydrogen-bond acceptors (Lipinski definition) is 6. The van der Waals surface area contributed by atoms with Crippen molar-refractivity contribution in [3.8, 4) is 11.8 Å². The van der Waals surface area contributed by atoms with Crippen molar-refractivity contribution in [2.45, 2.75) is 17.3 Å². The van der Waals surface area contributed by atoms with Crippen molar-refractivity contribution in [2.24, 2.45) is 0 Å². The fourth-order valence-corrected chi connectivity index (χ4v) is 4.18. The monoisotopic (exact) mass is 508 g/mol. The van der Waals surface area contributed by atoms with Crippen LogP contribution >= 0.6 is 27.7 Å². The van der Waals surface area contributed by atoms with Gasteiger partial charge in [-0.05, 0) is 46.7 Å². The summed E-state index contributed by atoms with van der Waals surface area (Å²) in [5.41, 5.74) is 0.942. The fraction of sp³-hybridized carbons (Fsp3) is 0.200. The highest BCUT2D eigenvalue weighted by Crippen LogP contribution is 2.39. The maximum Gasteiger partial charge on any atom is 0.377 e. The van der Waals surface area contributed by atoms with Crippen LogP contribution in [0.1, 0.15) is 12.5 Å². The smallest absolute Gasteiger partial charge is 0.377 e. The van der Waals surface area contributed by atoms with E-state index in [1.54, 1.807) is 43.3 Å². The lowest BCUT2D eigenvalue weighted by atomic mass is 10.0. The number of nitrogens with one attached hydrogen (secondary N) is 1. The average molecular weight is 509 g/mol.